The second kappa shape index (κ2) is 5.91. The van der Waals surface area contributed by atoms with Crippen LogP contribution in [0, 0.1) is 25.2 Å². The molecule has 5 heteroatoms. The number of hydrogen-bond acceptors (Lipinski definition) is 4. The maximum Gasteiger partial charge on any atom is 0.174 e. The van der Waals surface area contributed by atoms with Crippen molar-refractivity contribution >= 4 is 5.69 Å². The van der Waals surface area contributed by atoms with Crippen molar-refractivity contribution < 1.29 is 4.74 Å². The molecule has 1 heterocycles. The lowest BCUT2D eigenvalue weighted by atomic mass is 10.2. The third-order valence-corrected chi connectivity index (χ3v) is 2.85. The largest absolute Gasteiger partial charge is 0.478 e. The van der Waals surface area contributed by atoms with E-state index in [-0.39, 0.29) is 6.61 Å². The Hall–Kier alpha value is -2.48. The number of nitriles is 1. The zero-order chi connectivity index (χ0) is 13.7. The SMILES string of the molecule is Cc1n[nH]c(C)c1NCc1ccccc1OCC#N. The highest BCUT2D eigenvalue weighted by molar-refractivity contribution is 5.52. The smallest absolute Gasteiger partial charge is 0.174 e. The maximum absolute atomic E-state index is 8.57. The molecule has 0 aliphatic rings. The first kappa shape index (κ1) is 13.0. The predicted molar refractivity (Wildman–Crippen MR) is 72.9 cm³/mol. The first-order valence-corrected chi connectivity index (χ1v) is 6.05. The van der Waals surface area contributed by atoms with Gasteiger partial charge in [0.1, 0.15) is 11.8 Å². The van der Waals surface area contributed by atoms with Crippen LogP contribution in [0.2, 0.25) is 0 Å². The van der Waals surface area contributed by atoms with E-state index in [1.807, 2.05) is 44.2 Å². The number of nitrogens with one attached hydrogen (secondary N) is 2. The van der Waals surface area contributed by atoms with Gasteiger partial charge >= 0.3 is 0 Å². The molecule has 0 unspecified atom stereocenters. The fourth-order valence-electron chi connectivity index (χ4n) is 1.90. The molecule has 0 atom stereocenters. The molecule has 0 spiro atoms. The molecule has 2 rings (SSSR count). The van der Waals surface area contributed by atoms with Gasteiger partial charge in [0.2, 0.25) is 0 Å². The topological polar surface area (TPSA) is 73.7 Å². The predicted octanol–water partition coefficient (Wildman–Crippen LogP) is 2.54. The number of benzene rings is 1. The summed E-state index contributed by atoms with van der Waals surface area (Å²) in [7, 11) is 0. The summed E-state index contributed by atoms with van der Waals surface area (Å²) in [6.07, 6.45) is 0. The number of nitrogens with zero attached hydrogens (tertiary/aromatic N) is 2. The van der Waals surface area contributed by atoms with Gasteiger partial charge in [0.25, 0.3) is 0 Å². The van der Waals surface area contributed by atoms with E-state index in [1.165, 1.54) is 0 Å². The molecule has 0 saturated carbocycles. The molecule has 0 amide bonds. The zero-order valence-electron chi connectivity index (χ0n) is 11.0. The molecule has 0 aliphatic carbocycles. The van der Waals surface area contributed by atoms with Gasteiger partial charge in [-0.3, -0.25) is 5.10 Å². The Balaban J connectivity index is 2.09. The number of hydrogen-bond donors (Lipinski definition) is 2. The van der Waals surface area contributed by atoms with Crippen LogP contribution in [0.25, 0.3) is 0 Å². The molecule has 0 bridgehead atoms. The standard InChI is InChI=1S/C14H16N4O/c1-10-14(11(2)18-17-10)16-9-12-5-3-4-6-13(12)19-8-7-15/h3-6,16H,8-9H2,1-2H3,(H,17,18). The number of ether oxygens (including phenoxy) is 1. The monoisotopic (exact) mass is 256 g/mol. The fraction of sp³-hybridized carbons (Fsp3) is 0.286. The van der Waals surface area contributed by atoms with Crippen LogP contribution in [0.3, 0.4) is 0 Å². The minimum Gasteiger partial charge on any atom is -0.478 e. The molecule has 5 nitrogen and oxygen atoms in total. The molecule has 1 aromatic heterocycles. The van der Waals surface area contributed by atoms with E-state index in [0.717, 1.165) is 28.4 Å². The minimum atomic E-state index is 0.0563. The average molecular weight is 256 g/mol. The number of anilines is 1. The molecular formula is C14H16N4O. The van der Waals surface area contributed by atoms with Crippen molar-refractivity contribution in [2.45, 2.75) is 20.4 Å². The van der Waals surface area contributed by atoms with Gasteiger partial charge < -0.3 is 10.1 Å². The Bertz CT molecular complexity index is 578. The first-order valence-electron chi connectivity index (χ1n) is 6.05. The van der Waals surface area contributed by atoms with Crippen molar-refractivity contribution in [1.82, 2.24) is 10.2 Å². The van der Waals surface area contributed by atoms with Gasteiger partial charge in [-0.1, -0.05) is 18.2 Å². The van der Waals surface area contributed by atoms with Crippen molar-refractivity contribution in [3.63, 3.8) is 0 Å². The molecule has 1 aromatic carbocycles. The summed E-state index contributed by atoms with van der Waals surface area (Å²) in [5.74, 6) is 0.732. The number of aryl methyl sites for hydroxylation is 2. The van der Waals surface area contributed by atoms with Crippen LogP contribution in [0.1, 0.15) is 17.0 Å². The zero-order valence-corrected chi connectivity index (χ0v) is 11.0. The van der Waals surface area contributed by atoms with Crippen LogP contribution in [0.4, 0.5) is 5.69 Å². The molecule has 2 N–H and O–H groups in total. The van der Waals surface area contributed by atoms with Crippen LogP contribution in [-0.2, 0) is 6.54 Å². The molecule has 19 heavy (non-hydrogen) atoms. The van der Waals surface area contributed by atoms with E-state index in [9.17, 15) is 0 Å². The van der Waals surface area contributed by atoms with Crippen LogP contribution in [0.5, 0.6) is 5.75 Å². The van der Waals surface area contributed by atoms with Crippen LogP contribution < -0.4 is 10.1 Å². The number of aromatic amines is 1. The highest BCUT2D eigenvalue weighted by Gasteiger charge is 2.07. The fourth-order valence-corrected chi connectivity index (χ4v) is 1.90. The Labute approximate surface area is 112 Å². The van der Waals surface area contributed by atoms with Crippen molar-refractivity contribution in [1.29, 1.82) is 5.26 Å². The first-order chi connectivity index (χ1) is 9.22. The summed E-state index contributed by atoms with van der Waals surface area (Å²) >= 11 is 0. The quantitative estimate of drug-likeness (QED) is 0.862. The molecule has 2 aromatic rings. The Morgan fingerprint density at radius 2 is 2.16 bits per heavy atom. The summed E-state index contributed by atoms with van der Waals surface area (Å²) in [5, 5.41) is 19.0. The Morgan fingerprint density at radius 3 is 2.84 bits per heavy atom. The van der Waals surface area contributed by atoms with E-state index in [2.05, 4.69) is 15.5 Å². The van der Waals surface area contributed by atoms with E-state index < -0.39 is 0 Å². The lowest BCUT2D eigenvalue weighted by Gasteiger charge is -2.11. The highest BCUT2D eigenvalue weighted by Crippen LogP contribution is 2.21. The number of H-pyrrole nitrogens is 1. The van der Waals surface area contributed by atoms with Crippen LogP contribution in [-0.4, -0.2) is 16.8 Å². The second-order valence-electron chi connectivity index (χ2n) is 4.22. The van der Waals surface area contributed by atoms with Gasteiger partial charge in [-0.15, -0.1) is 0 Å². The molecule has 0 aliphatic heterocycles. The summed E-state index contributed by atoms with van der Waals surface area (Å²) < 4.78 is 5.39. The van der Waals surface area contributed by atoms with E-state index in [0.29, 0.717) is 6.54 Å². The summed E-state index contributed by atoms with van der Waals surface area (Å²) in [4.78, 5) is 0. The molecule has 0 saturated heterocycles. The lowest BCUT2D eigenvalue weighted by Crippen LogP contribution is -2.04. The van der Waals surface area contributed by atoms with Crippen molar-refractivity contribution in [2.75, 3.05) is 11.9 Å². The number of para-hydroxylation sites is 1. The Morgan fingerprint density at radius 1 is 1.37 bits per heavy atom. The molecule has 0 radical (unpaired) electrons. The average Bonchev–Trinajstić information content (AvgIpc) is 2.74. The van der Waals surface area contributed by atoms with Crippen molar-refractivity contribution in [3.05, 3.63) is 41.2 Å². The van der Waals surface area contributed by atoms with E-state index in [1.54, 1.807) is 0 Å². The van der Waals surface area contributed by atoms with Gasteiger partial charge in [-0.25, -0.2) is 0 Å². The molecule has 0 fully saturated rings. The van der Waals surface area contributed by atoms with E-state index in [4.69, 9.17) is 10.00 Å². The third kappa shape index (κ3) is 3.05. The normalized spacial score (nSPS) is 9.95. The number of rotatable bonds is 5. The Kier molecular flexibility index (Phi) is 4.04. The number of aromatic nitrogens is 2. The minimum absolute atomic E-state index is 0.0563. The van der Waals surface area contributed by atoms with Gasteiger partial charge in [0, 0.05) is 12.1 Å². The molecular weight excluding hydrogens is 240 g/mol. The van der Waals surface area contributed by atoms with Gasteiger partial charge in [0.05, 0.1) is 17.1 Å². The second-order valence-corrected chi connectivity index (χ2v) is 4.22. The van der Waals surface area contributed by atoms with E-state index >= 15 is 0 Å². The summed E-state index contributed by atoms with van der Waals surface area (Å²) in [5.41, 5.74) is 3.97. The van der Waals surface area contributed by atoms with Gasteiger partial charge in [-0.2, -0.15) is 10.4 Å². The lowest BCUT2D eigenvalue weighted by molar-refractivity contribution is 0.364. The van der Waals surface area contributed by atoms with Crippen molar-refractivity contribution in [2.24, 2.45) is 0 Å². The van der Waals surface area contributed by atoms with Gasteiger partial charge in [0.15, 0.2) is 6.61 Å². The molecule has 98 valence electrons. The highest BCUT2D eigenvalue weighted by atomic mass is 16.5. The van der Waals surface area contributed by atoms with Crippen LogP contribution >= 0.6 is 0 Å². The van der Waals surface area contributed by atoms with Crippen LogP contribution in [0.15, 0.2) is 24.3 Å². The van der Waals surface area contributed by atoms with Gasteiger partial charge in [-0.05, 0) is 19.9 Å². The van der Waals surface area contributed by atoms with Crippen molar-refractivity contribution in [3.8, 4) is 11.8 Å². The third-order valence-electron chi connectivity index (χ3n) is 2.85. The maximum atomic E-state index is 8.57. The summed E-state index contributed by atoms with van der Waals surface area (Å²) in [6, 6.07) is 9.66. The summed E-state index contributed by atoms with van der Waals surface area (Å²) in [6.45, 7) is 4.61.